The van der Waals surface area contributed by atoms with Crippen molar-refractivity contribution in [2.75, 3.05) is 29.5 Å². The number of non-ortho nitro benzene ring substituents is 1. The summed E-state index contributed by atoms with van der Waals surface area (Å²) in [6.07, 6.45) is 0. The normalized spacial score (nSPS) is 14.9. The minimum Gasteiger partial charge on any atom is -0.355 e. The first-order valence-corrected chi connectivity index (χ1v) is 8.22. The average molecular weight is 316 g/mol. The number of benzene rings is 1. The zero-order valence-electron chi connectivity index (χ0n) is 12.2. The number of thioether (sulfide) groups is 1. The first-order valence-electron chi connectivity index (χ1n) is 7.07. The number of rotatable bonds is 3. The van der Waals surface area contributed by atoms with Crippen molar-refractivity contribution in [2.24, 2.45) is 0 Å². The molecule has 0 unspecified atom stereocenters. The number of aromatic nitrogens is 2. The highest BCUT2D eigenvalue weighted by Crippen LogP contribution is 2.24. The first kappa shape index (κ1) is 14.8. The molecule has 6 nitrogen and oxygen atoms in total. The van der Waals surface area contributed by atoms with Crippen LogP contribution >= 0.6 is 11.8 Å². The molecule has 0 bridgehead atoms. The maximum Gasteiger partial charge on any atom is 0.270 e. The van der Waals surface area contributed by atoms with Crippen LogP contribution in [-0.2, 0) is 0 Å². The fraction of sp³-hybridized carbons (Fsp3) is 0.333. The second kappa shape index (κ2) is 6.31. The highest BCUT2D eigenvalue weighted by atomic mass is 32.2. The van der Waals surface area contributed by atoms with Gasteiger partial charge in [-0.3, -0.25) is 10.1 Å². The first-order chi connectivity index (χ1) is 10.6. The summed E-state index contributed by atoms with van der Waals surface area (Å²) in [7, 11) is 0. The van der Waals surface area contributed by atoms with Crippen molar-refractivity contribution in [3.05, 3.63) is 46.1 Å². The van der Waals surface area contributed by atoms with Gasteiger partial charge in [-0.1, -0.05) is 12.1 Å². The van der Waals surface area contributed by atoms with E-state index < -0.39 is 4.92 Å². The van der Waals surface area contributed by atoms with Crippen LogP contribution in [-0.4, -0.2) is 39.5 Å². The number of hydrogen-bond acceptors (Lipinski definition) is 6. The number of nitro groups is 1. The molecule has 0 atom stereocenters. The molecule has 114 valence electrons. The highest BCUT2D eigenvalue weighted by Gasteiger charge is 2.15. The Morgan fingerprint density at radius 3 is 2.73 bits per heavy atom. The van der Waals surface area contributed by atoms with E-state index >= 15 is 0 Å². The Balaban J connectivity index is 1.98. The van der Waals surface area contributed by atoms with Gasteiger partial charge in [-0.2, -0.15) is 11.8 Å². The average Bonchev–Trinajstić information content (AvgIpc) is 2.55. The Labute approximate surface area is 132 Å². The molecule has 1 saturated heterocycles. The van der Waals surface area contributed by atoms with Crippen LogP contribution in [0.1, 0.15) is 5.69 Å². The van der Waals surface area contributed by atoms with E-state index in [2.05, 4.69) is 14.9 Å². The molecule has 7 heteroatoms. The van der Waals surface area contributed by atoms with E-state index in [4.69, 9.17) is 0 Å². The highest BCUT2D eigenvalue weighted by molar-refractivity contribution is 7.99. The Hall–Kier alpha value is -2.15. The molecule has 1 fully saturated rings. The molecule has 2 aromatic rings. The Kier molecular flexibility index (Phi) is 4.24. The van der Waals surface area contributed by atoms with Gasteiger partial charge in [0.1, 0.15) is 5.82 Å². The van der Waals surface area contributed by atoms with E-state index in [1.54, 1.807) is 12.1 Å². The number of nitrogens with zero attached hydrogens (tertiary/aromatic N) is 4. The number of nitro benzene ring substituents is 1. The van der Waals surface area contributed by atoms with Crippen LogP contribution in [0.4, 0.5) is 11.5 Å². The molecular weight excluding hydrogens is 300 g/mol. The van der Waals surface area contributed by atoms with Crippen molar-refractivity contribution < 1.29 is 4.92 Å². The van der Waals surface area contributed by atoms with Gasteiger partial charge in [0.25, 0.3) is 5.69 Å². The molecule has 1 aliphatic rings. The van der Waals surface area contributed by atoms with Crippen LogP contribution in [0.5, 0.6) is 0 Å². The summed E-state index contributed by atoms with van der Waals surface area (Å²) < 4.78 is 0. The molecule has 2 heterocycles. The third kappa shape index (κ3) is 3.19. The molecule has 0 aliphatic carbocycles. The summed E-state index contributed by atoms with van der Waals surface area (Å²) >= 11 is 1.94. The van der Waals surface area contributed by atoms with Gasteiger partial charge >= 0.3 is 0 Å². The maximum atomic E-state index is 10.9. The summed E-state index contributed by atoms with van der Waals surface area (Å²) in [5.41, 5.74) is 1.59. The molecule has 3 rings (SSSR count). The van der Waals surface area contributed by atoms with Crippen LogP contribution in [0.2, 0.25) is 0 Å². The number of hydrogen-bond donors (Lipinski definition) is 0. The van der Waals surface area contributed by atoms with Crippen LogP contribution in [0.25, 0.3) is 11.4 Å². The molecule has 22 heavy (non-hydrogen) atoms. The van der Waals surface area contributed by atoms with Crippen molar-refractivity contribution in [1.82, 2.24) is 9.97 Å². The molecular formula is C15H16N4O2S. The SMILES string of the molecule is Cc1cc(N2CCSCC2)nc(-c2cccc([N+](=O)[O-])c2)n1. The molecule has 0 N–H and O–H groups in total. The zero-order chi connectivity index (χ0) is 15.5. The van der Waals surface area contributed by atoms with E-state index in [-0.39, 0.29) is 5.69 Å². The Morgan fingerprint density at radius 1 is 1.23 bits per heavy atom. The lowest BCUT2D eigenvalue weighted by atomic mass is 10.2. The predicted octanol–water partition coefficient (Wildman–Crippen LogP) is 2.91. The Bertz CT molecular complexity index is 702. The lowest BCUT2D eigenvalue weighted by molar-refractivity contribution is -0.384. The summed E-state index contributed by atoms with van der Waals surface area (Å²) in [6, 6.07) is 8.43. The maximum absolute atomic E-state index is 10.9. The van der Waals surface area contributed by atoms with Gasteiger partial charge in [0.2, 0.25) is 0 Å². The van der Waals surface area contributed by atoms with Gasteiger partial charge in [0.15, 0.2) is 5.82 Å². The molecule has 0 amide bonds. The molecule has 1 aromatic heterocycles. The standard InChI is InChI=1S/C15H16N4O2S/c1-11-9-14(18-5-7-22-8-6-18)17-15(16-11)12-3-2-4-13(10-12)19(20)21/h2-4,9-10H,5-8H2,1H3. The van der Waals surface area contributed by atoms with Gasteiger partial charge in [0.05, 0.1) is 4.92 Å². The third-order valence-corrected chi connectivity index (χ3v) is 4.43. The molecule has 1 aliphatic heterocycles. The largest absolute Gasteiger partial charge is 0.355 e. The molecule has 1 aromatic carbocycles. The van der Waals surface area contributed by atoms with Gasteiger partial charge in [0, 0.05) is 54.1 Å². The van der Waals surface area contributed by atoms with Crippen LogP contribution in [0.15, 0.2) is 30.3 Å². The number of aryl methyl sites for hydroxylation is 1. The summed E-state index contributed by atoms with van der Waals surface area (Å²) in [4.78, 5) is 21.8. The van der Waals surface area contributed by atoms with E-state index in [0.717, 1.165) is 36.1 Å². The number of anilines is 1. The van der Waals surface area contributed by atoms with E-state index in [1.165, 1.54) is 12.1 Å². The minimum absolute atomic E-state index is 0.0542. The molecule has 0 radical (unpaired) electrons. The van der Waals surface area contributed by atoms with Gasteiger partial charge in [-0.25, -0.2) is 9.97 Å². The quantitative estimate of drug-likeness (QED) is 0.640. The minimum atomic E-state index is -0.401. The lowest BCUT2D eigenvalue weighted by Gasteiger charge is -2.27. The van der Waals surface area contributed by atoms with Crippen molar-refractivity contribution in [3.63, 3.8) is 0 Å². The molecule has 0 spiro atoms. The lowest BCUT2D eigenvalue weighted by Crippen LogP contribution is -2.33. The predicted molar refractivity (Wildman–Crippen MR) is 88.4 cm³/mol. The van der Waals surface area contributed by atoms with Gasteiger partial charge in [-0.05, 0) is 6.92 Å². The van der Waals surface area contributed by atoms with E-state index in [0.29, 0.717) is 11.4 Å². The summed E-state index contributed by atoms with van der Waals surface area (Å²) in [6.45, 7) is 3.86. The van der Waals surface area contributed by atoms with Gasteiger partial charge < -0.3 is 4.90 Å². The molecule has 0 saturated carbocycles. The van der Waals surface area contributed by atoms with Crippen molar-refractivity contribution in [2.45, 2.75) is 6.92 Å². The fourth-order valence-electron chi connectivity index (χ4n) is 2.39. The summed E-state index contributed by atoms with van der Waals surface area (Å²) in [5.74, 6) is 3.62. The fourth-order valence-corrected chi connectivity index (χ4v) is 3.30. The smallest absolute Gasteiger partial charge is 0.270 e. The van der Waals surface area contributed by atoms with E-state index in [9.17, 15) is 10.1 Å². The van der Waals surface area contributed by atoms with Gasteiger partial charge in [-0.15, -0.1) is 0 Å². The zero-order valence-corrected chi connectivity index (χ0v) is 13.0. The van der Waals surface area contributed by atoms with Crippen LogP contribution in [0, 0.1) is 17.0 Å². The van der Waals surface area contributed by atoms with E-state index in [1.807, 2.05) is 24.8 Å². The second-order valence-corrected chi connectivity index (χ2v) is 6.32. The Morgan fingerprint density at radius 2 is 2.00 bits per heavy atom. The second-order valence-electron chi connectivity index (χ2n) is 5.10. The van der Waals surface area contributed by atoms with Crippen molar-refractivity contribution in [3.8, 4) is 11.4 Å². The van der Waals surface area contributed by atoms with Crippen molar-refractivity contribution >= 4 is 23.3 Å². The topological polar surface area (TPSA) is 72.2 Å². The summed E-state index contributed by atoms with van der Waals surface area (Å²) in [5, 5.41) is 10.9. The third-order valence-electron chi connectivity index (χ3n) is 3.49. The van der Waals surface area contributed by atoms with Crippen LogP contribution in [0.3, 0.4) is 0 Å². The van der Waals surface area contributed by atoms with Crippen molar-refractivity contribution in [1.29, 1.82) is 0 Å². The van der Waals surface area contributed by atoms with Crippen LogP contribution < -0.4 is 4.90 Å². The monoisotopic (exact) mass is 316 g/mol.